The molecular weight excluding hydrogens is 368 g/mol. The highest BCUT2D eigenvalue weighted by molar-refractivity contribution is 5.83. The number of aromatic nitrogens is 5. The van der Waals surface area contributed by atoms with Crippen molar-refractivity contribution in [1.29, 1.82) is 0 Å². The topological polar surface area (TPSA) is 86.5 Å². The van der Waals surface area contributed by atoms with Crippen LogP contribution in [0.4, 0.5) is 5.95 Å². The smallest absolute Gasteiger partial charge is 0.241 e. The SMILES string of the molecule is COCCO[C@H]1C[C@@H](Nc2ncc3c(-c4ccc5ncccc5n4)ccn3n2)C1. The normalized spacial score (nSPS) is 18.8. The van der Waals surface area contributed by atoms with Crippen LogP contribution in [0.5, 0.6) is 0 Å². The Morgan fingerprint density at radius 2 is 2.03 bits per heavy atom. The number of anilines is 1. The minimum atomic E-state index is 0.290. The van der Waals surface area contributed by atoms with E-state index in [0.717, 1.165) is 40.6 Å². The number of fused-ring (bicyclic) bond motifs is 2. The molecule has 0 bridgehead atoms. The second-order valence-electron chi connectivity index (χ2n) is 7.18. The molecule has 1 N–H and O–H groups in total. The number of hydrogen-bond acceptors (Lipinski definition) is 7. The van der Waals surface area contributed by atoms with Crippen LogP contribution in [0.15, 0.2) is 48.9 Å². The second-order valence-corrected chi connectivity index (χ2v) is 7.18. The highest BCUT2D eigenvalue weighted by atomic mass is 16.5. The van der Waals surface area contributed by atoms with E-state index in [1.807, 2.05) is 47.2 Å². The first-order valence-corrected chi connectivity index (χ1v) is 9.74. The summed E-state index contributed by atoms with van der Waals surface area (Å²) in [6, 6.07) is 10.2. The molecule has 0 radical (unpaired) electrons. The van der Waals surface area contributed by atoms with Gasteiger partial charge < -0.3 is 14.8 Å². The number of rotatable bonds is 7. The van der Waals surface area contributed by atoms with Crippen LogP contribution < -0.4 is 5.32 Å². The zero-order valence-corrected chi connectivity index (χ0v) is 16.2. The van der Waals surface area contributed by atoms with Gasteiger partial charge in [0, 0.05) is 31.1 Å². The average Bonchev–Trinajstić information content (AvgIpc) is 3.15. The number of pyridine rings is 2. The summed E-state index contributed by atoms with van der Waals surface area (Å²) in [7, 11) is 1.68. The Balaban J connectivity index is 1.30. The highest BCUT2D eigenvalue weighted by Gasteiger charge is 2.30. The van der Waals surface area contributed by atoms with E-state index in [-0.39, 0.29) is 6.10 Å². The van der Waals surface area contributed by atoms with Crippen molar-refractivity contribution in [3.05, 3.63) is 48.9 Å². The monoisotopic (exact) mass is 390 g/mol. The van der Waals surface area contributed by atoms with Crippen molar-refractivity contribution in [1.82, 2.24) is 24.6 Å². The lowest BCUT2D eigenvalue weighted by molar-refractivity contribution is -0.0261. The number of nitrogens with one attached hydrogen (secondary N) is 1. The largest absolute Gasteiger partial charge is 0.382 e. The van der Waals surface area contributed by atoms with Crippen molar-refractivity contribution < 1.29 is 9.47 Å². The van der Waals surface area contributed by atoms with Crippen molar-refractivity contribution in [2.75, 3.05) is 25.6 Å². The molecule has 29 heavy (non-hydrogen) atoms. The van der Waals surface area contributed by atoms with Gasteiger partial charge in [-0.3, -0.25) is 4.98 Å². The molecule has 1 aliphatic rings. The molecule has 8 nitrogen and oxygen atoms in total. The Kier molecular flexibility index (Phi) is 4.79. The third-order valence-corrected chi connectivity index (χ3v) is 5.22. The van der Waals surface area contributed by atoms with Gasteiger partial charge >= 0.3 is 0 Å². The van der Waals surface area contributed by atoms with E-state index in [2.05, 4.69) is 20.4 Å². The molecule has 1 fully saturated rings. The van der Waals surface area contributed by atoms with E-state index in [4.69, 9.17) is 14.5 Å². The predicted octanol–water partition coefficient (Wildman–Crippen LogP) is 2.95. The first-order chi connectivity index (χ1) is 14.3. The summed E-state index contributed by atoms with van der Waals surface area (Å²) in [5.41, 5.74) is 4.55. The van der Waals surface area contributed by atoms with Crippen molar-refractivity contribution in [3.8, 4) is 11.3 Å². The molecule has 4 heterocycles. The van der Waals surface area contributed by atoms with Crippen LogP contribution in [-0.2, 0) is 9.47 Å². The Bertz CT molecular complexity index is 1140. The molecule has 0 amide bonds. The van der Waals surface area contributed by atoms with E-state index in [9.17, 15) is 0 Å². The standard InChI is InChI=1S/C21H22N6O2/c1-28-9-10-29-15-11-14(12-15)24-21-23-13-20-16(6-8-27(20)26-21)17-4-5-18-19(25-17)3-2-7-22-18/h2-8,13-15H,9-12H2,1H3,(H,24,26)/t14-,15+. The van der Waals surface area contributed by atoms with Gasteiger partial charge in [0.15, 0.2) is 0 Å². The van der Waals surface area contributed by atoms with Gasteiger partial charge in [0.1, 0.15) is 0 Å². The number of ether oxygens (including phenoxy) is 2. The molecule has 148 valence electrons. The highest BCUT2D eigenvalue weighted by Crippen LogP contribution is 2.27. The van der Waals surface area contributed by atoms with Gasteiger partial charge in [-0.2, -0.15) is 0 Å². The molecular formula is C21H22N6O2. The lowest BCUT2D eigenvalue weighted by atomic mass is 9.89. The Labute approximate surface area is 167 Å². The Morgan fingerprint density at radius 3 is 2.93 bits per heavy atom. The zero-order chi connectivity index (χ0) is 19.6. The summed E-state index contributed by atoms with van der Waals surface area (Å²) in [6.45, 7) is 1.27. The molecule has 5 rings (SSSR count). The molecule has 0 saturated heterocycles. The van der Waals surface area contributed by atoms with Crippen LogP contribution in [0.3, 0.4) is 0 Å². The fourth-order valence-corrected chi connectivity index (χ4v) is 3.59. The van der Waals surface area contributed by atoms with Crippen molar-refractivity contribution in [3.63, 3.8) is 0 Å². The molecule has 0 spiro atoms. The third-order valence-electron chi connectivity index (χ3n) is 5.22. The summed E-state index contributed by atoms with van der Waals surface area (Å²) < 4.78 is 12.6. The maximum absolute atomic E-state index is 5.72. The summed E-state index contributed by atoms with van der Waals surface area (Å²) in [6.07, 6.45) is 7.75. The quantitative estimate of drug-likeness (QED) is 0.486. The molecule has 0 aromatic carbocycles. The molecule has 0 aliphatic heterocycles. The van der Waals surface area contributed by atoms with Crippen molar-refractivity contribution in [2.45, 2.75) is 25.0 Å². The van der Waals surface area contributed by atoms with Crippen LogP contribution in [0.25, 0.3) is 27.8 Å². The third kappa shape index (κ3) is 3.64. The van der Waals surface area contributed by atoms with Gasteiger partial charge in [-0.25, -0.2) is 14.5 Å². The van der Waals surface area contributed by atoms with E-state index in [1.165, 1.54) is 0 Å². The summed E-state index contributed by atoms with van der Waals surface area (Å²) >= 11 is 0. The van der Waals surface area contributed by atoms with Gasteiger partial charge in [-0.1, -0.05) is 0 Å². The molecule has 0 atom stereocenters. The lowest BCUT2D eigenvalue weighted by Gasteiger charge is -2.35. The first-order valence-electron chi connectivity index (χ1n) is 9.74. The molecule has 8 heteroatoms. The first kappa shape index (κ1) is 18.0. The van der Waals surface area contributed by atoms with Crippen LogP contribution in [0.2, 0.25) is 0 Å². The summed E-state index contributed by atoms with van der Waals surface area (Å²) in [5, 5.41) is 7.99. The van der Waals surface area contributed by atoms with Crippen LogP contribution in [0, 0.1) is 0 Å². The number of nitrogens with zero attached hydrogens (tertiary/aromatic N) is 5. The number of methoxy groups -OCH3 is 1. The van der Waals surface area contributed by atoms with Crippen LogP contribution in [0.1, 0.15) is 12.8 Å². The van der Waals surface area contributed by atoms with Crippen LogP contribution >= 0.6 is 0 Å². The van der Waals surface area contributed by atoms with Gasteiger partial charge in [-0.05, 0) is 43.2 Å². The molecule has 0 unspecified atom stereocenters. The van der Waals surface area contributed by atoms with Crippen molar-refractivity contribution in [2.24, 2.45) is 0 Å². The average molecular weight is 390 g/mol. The summed E-state index contributed by atoms with van der Waals surface area (Å²) in [5.74, 6) is 0.621. The number of hydrogen-bond donors (Lipinski definition) is 1. The molecule has 4 aromatic rings. The Hall–Kier alpha value is -3.10. The molecule has 4 aromatic heterocycles. The minimum Gasteiger partial charge on any atom is -0.382 e. The van der Waals surface area contributed by atoms with Gasteiger partial charge in [0.25, 0.3) is 0 Å². The molecule has 1 saturated carbocycles. The second kappa shape index (κ2) is 7.73. The maximum Gasteiger partial charge on any atom is 0.241 e. The van der Waals surface area contributed by atoms with Gasteiger partial charge in [0.2, 0.25) is 5.95 Å². The van der Waals surface area contributed by atoms with Crippen LogP contribution in [-0.4, -0.2) is 57.0 Å². The van der Waals surface area contributed by atoms with Crippen molar-refractivity contribution >= 4 is 22.5 Å². The fourth-order valence-electron chi connectivity index (χ4n) is 3.59. The zero-order valence-electron chi connectivity index (χ0n) is 16.2. The minimum absolute atomic E-state index is 0.290. The van der Waals surface area contributed by atoms with E-state index in [1.54, 1.807) is 13.3 Å². The lowest BCUT2D eigenvalue weighted by Crippen LogP contribution is -2.41. The maximum atomic E-state index is 5.72. The predicted molar refractivity (Wildman–Crippen MR) is 110 cm³/mol. The van der Waals surface area contributed by atoms with E-state index < -0.39 is 0 Å². The van der Waals surface area contributed by atoms with Gasteiger partial charge in [-0.15, -0.1) is 5.10 Å². The summed E-state index contributed by atoms with van der Waals surface area (Å²) in [4.78, 5) is 13.6. The molecule has 1 aliphatic carbocycles. The van der Waals surface area contributed by atoms with E-state index >= 15 is 0 Å². The van der Waals surface area contributed by atoms with E-state index in [0.29, 0.717) is 25.2 Å². The fraction of sp³-hybridized carbons (Fsp3) is 0.333. The van der Waals surface area contributed by atoms with Gasteiger partial charge in [0.05, 0.1) is 47.8 Å². The Morgan fingerprint density at radius 1 is 1.10 bits per heavy atom.